The van der Waals surface area contributed by atoms with Crippen molar-refractivity contribution in [3.05, 3.63) is 23.5 Å². The number of morpholine rings is 1. The maximum atomic E-state index is 12.8. The summed E-state index contributed by atoms with van der Waals surface area (Å²) in [5.74, 6) is 0.842. The van der Waals surface area contributed by atoms with Gasteiger partial charge in [-0.1, -0.05) is 0 Å². The Labute approximate surface area is 146 Å². The fourth-order valence-corrected chi connectivity index (χ4v) is 3.59. The number of carbonyl (C=O) groups excluding carboxylic acids is 1. The van der Waals surface area contributed by atoms with Crippen LogP contribution in [0.1, 0.15) is 28.8 Å². The van der Waals surface area contributed by atoms with Crippen molar-refractivity contribution in [2.75, 3.05) is 44.4 Å². The normalized spacial score (nSPS) is 19.3. The van der Waals surface area contributed by atoms with Gasteiger partial charge in [0.25, 0.3) is 5.91 Å². The molecule has 2 aliphatic heterocycles. The zero-order valence-corrected chi connectivity index (χ0v) is 14.5. The lowest BCUT2D eigenvalue weighted by atomic mass is 10.1. The van der Waals surface area contributed by atoms with Crippen molar-refractivity contribution < 1.29 is 14.3 Å². The van der Waals surface area contributed by atoms with Crippen LogP contribution in [-0.2, 0) is 9.47 Å². The van der Waals surface area contributed by atoms with E-state index in [9.17, 15) is 4.79 Å². The van der Waals surface area contributed by atoms with E-state index in [4.69, 9.17) is 9.47 Å². The zero-order valence-electron chi connectivity index (χ0n) is 14.5. The Hall–Kier alpha value is -2.12. The number of aromatic amines is 1. The van der Waals surface area contributed by atoms with Gasteiger partial charge in [0.1, 0.15) is 0 Å². The lowest BCUT2D eigenvalue weighted by Crippen LogP contribution is -2.39. The highest BCUT2D eigenvalue weighted by molar-refractivity contribution is 6.09. The summed E-state index contributed by atoms with van der Waals surface area (Å²) in [5, 5.41) is 4.10. The second-order valence-electron chi connectivity index (χ2n) is 6.68. The lowest BCUT2D eigenvalue weighted by molar-refractivity contribution is 0.0697. The quantitative estimate of drug-likeness (QED) is 0.884. The number of hydrogen-bond donors (Lipinski definition) is 2. The van der Waals surface area contributed by atoms with Crippen LogP contribution in [-0.4, -0.2) is 61.4 Å². The summed E-state index contributed by atoms with van der Waals surface area (Å²) in [6.07, 6.45) is 5.38. The van der Waals surface area contributed by atoms with Gasteiger partial charge in [-0.25, -0.2) is 4.98 Å². The zero-order chi connectivity index (χ0) is 17.2. The fourth-order valence-electron chi connectivity index (χ4n) is 3.59. The molecule has 0 aromatic carbocycles. The number of rotatable bonds is 3. The molecule has 2 fully saturated rings. The molecule has 1 amide bonds. The summed E-state index contributed by atoms with van der Waals surface area (Å²) in [4.78, 5) is 23.0. The van der Waals surface area contributed by atoms with Crippen LogP contribution in [0, 0.1) is 6.92 Å². The number of amides is 1. The minimum atomic E-state index is -0.0550. The predicted molar refractivity (Wildman–Crippen MR) is 95.2 cm³/mol. The predicted octanol–water partition coefficient (Wildman–Crippen LogP) is 1.62. The molecule has 0 radical (unpaired) electrons. The van der Waals surface area contributed by atoms with Gasteiger partial charge in [0.2, 0.25) is 0 Å². The number of aromatic nitrogens is 2. The highest BCUT2D eigenvalue weighted by Gasteiger charge is 2.23. The smallest absolute Gasteiger partial charge is 0.253 e. The van der Waals surface area contributed by atoms with Gasteiger partial charge in [0.15, 0.2) is 5.82 Å². The molecule has 7 heteroatoms. The summed E-state index contributed by atoms with van der Waals surface area (Å²) >= 11 is 0. The van der Waals surface area contributed by atoms with Crippen molar-refractivity contribution in [2.24, 2.45) is 0 Å². The Balaban J connectivity index is 1.65. The molecular weight excluding hydrogens is 320 g/mol. The van der Waals surface area contributed by atoms with E-state index >= 15 is 0 Å². The topological polar surface area (TPSA) is 79.5 Å². The largest absolute Gasteiger partial charge is 0.381 e. The molecule has 7 nitrogen and oxygen atoms in total. The number of carbonyl (C=O) groups is 1. The minimum Gasteiger partial charge on any atom is -0.381 e. The Morgan fingerprint density at radius 2 is 1.96 bits per heavy atom. The highest BCUT2D eigenvalue weighted by Crippen LogP contribution is 2.29. The van der Waals surface area contributed by atoms with E-state index in [2.05, 4.69) is 20.2 Å². The molecule has 0 spiro atoms. The van der Waals surface area contributed by atoms with Gasteiger partial charge in [-0.15, -0.1) is 0 Å². The molecule has 0 aliphatic carbocycles. The van der Waals surface area contributed by atoms with Gasteiger partial charge in [0, 0.05) is 50.1 Å². The number of pyridine rings is 1. The first-order chi connectivity index (χ1) is 12.2. The summed E-state index contributed by atoms with van der Waals surface area (Å²) in [5.41, 5.74) is 2.63. The van der Waals surface area contributed by atoms with E-state index in [0.29, 0.717) is 32.0 Å². The SMILES string of the molecule is Cc1c[nH]c2c(N3CCOCC3)ncc(C(=O)NC3CCOCC3)c12. The number of ether oxygens (including phenoxy) is 2. The summed E-state index contributed by atoms with van der Waals surface area (Å²) in [7, 11) is 0. The molecule has 2 N–H and O–H groups in total. The monoisotopic (exact) mass is 344 g/mol. The summed E-state index contributed by atoms with van der Waals surface area (Å²) < 4.78 is 10.8. The highest BCUT2D eigenvalue weighted by atomic mass is 16.5. The molecule has 0 saturated carbocycles. The van der Waals surface area contributed by atoms with Crippen LogP contribution in [0.5, 0.6) is 0 Å². The maximum absolute atomic E-state index is 12.8. The Bertz CT molecular complexity index is 761. The molecule has 0 atom stereocenters. The lowest BCUT2D eigenvalue weighted by Gasteiger charge is -2.28. The summed E-state index contributed by atoms with van der Waals surface area (Å²) in [6.45, 7) is 6.47. The van der Waals surface area contributed by atoms with Gasteiger partial charge in [-0.3, -0.25) is 4.79 Å². The van der Waals surface area contributed by atoms with Crippen molar-refractivity contribution in [3.63, 3.8) is 0 Å². The van der Waals surface area contributed by atoms with Crippen molar-refractivity contribution in [2.45, 2.75) is 25.8 Å². The standard InChI is InChI=1S/C18H24N4O3/c1-12-10-19-16-15(12)14(18(23)21-13-2-6-24-7-3-13)11-20-17(16)22-4-8-25-9-5-22/h10-11,13,19H,2-9H2,1H3,(H,21,23). The molecule has 2 aromatic rings. The van der Waals surface area contributed by atoms with Crippen LogP contribution in [0.2, 0.25) is 0 Å². The van der Waals surface area contributed by atoms with Crippen LogP contribution in [0.25, 0.3) is 10.9 Å². The molecule has 2 saturated heterocycles. The molecule has 134 valence electrons. The molecule has 4 rings (SSSR count). The molecule has 0 unspecified atom stereocenters. The van der Waals surface area contributed by atoms with Crippen LogP contribution in [0.4, 0.5) is 5.82 Å². The molecule has 2 aromatic heterocycles. The first-order valence-corrected chi connectivity index (χ1v) is 8.92. The maximum Gasteiger partial charge on any atom is 0.253 e. The van der Waals surface area contributed by atoms with Crippen LogP contribution in [0.15, 0.2) is 12.4 Å². The van der Waals surface area contributed by atoms with Gasteiger partial charge >= 0.3 is 0 Å². The third-order valence-electron chi connectivity index (χ3n) is 5.00. The third kappa shape index (κ3) is 3.21. The second kappa shape index (κ2) is 7.01. The average Bonchev–Trinajstić information content (AvgIpc) is 3.04. The number of anilines is 1. The molecule has 0 bridgehead atoms. The Morgan fingerprint density at radius 1 is 1.24 bits per heavy atom. The van der Waals surface area contributed by atoms with E-state index in [-0.39, 0.29) is 11.9 Å². The van der Waals surface area contributed by atoms with E-state index in [1.807, 2.05) is 13.1 Å². The van der Waals surface area contributed by atoms with E-state index in [1.54, 1.807) is 6.20 Å². The number of nitrogens with one attached hydrogen (secondary N) is 2. The van der Waals surface area contributed by atoms with Crippen molar-refractivity contribution >= 4 is 22.6 Å². The molecule has 4 heterocycles. The van der Waals surface area contributed by atoms with Gasteiger partial charge in [-0.2, -0.15) is 0 Å². The fraction of sp³-hybridized carbons (Fsp3) is 0.556. The minimum absolute atomic E-state index is 0.0550. The average molecular weight is 344 g/mol. The Kier molecular flexibility index (Phi) is 4.59. The Morgan fingerprint density at radius 3 is 2.72 bits per heavy atom. The number of hydrogen-bond acceptors (Lipinski definition) is 5. The first kappa shape index (κ1) is 16.4. The van der Waals surface area contributed by atoms with Crippen LogP contribution in [0.3, 0.4) is 0 Å². The van der Waals surface area contributed by atoms with Gasteiger partial charge in [0.05, 0.1) is 24.3 Å². The number of aryl methyl sites for hydroxylation is 1. The van der Waals surface area contributed by atoms with E-state index in [0.717, 1.165) is 48.2 Å². The molecule has 25 heavy (non-hydrogen) atoms. The van der Waals surface area contributed by atoms with E-state index in [1.165, 1.54) is 0 Å². The van der Waals surface area contributed by atoms with Gasteiger partial charge < -0.3 is 24.7 Å². The van der Waals surface area contributed by atoms with Crippen molar-refractivity contribution in [1.82, 2.24) is 15.3 Å². The molecule has 2 aliphatic rings. The van der Waals surface area contributed by atoms with Crippen LogP contribution < -0.4 is 10.2 Å². The van der Waals surface area contributed by atoms with Gasteiger partial charge in [-0.05, 0) is 25.3 Å². The second-order valence-corrected chi connectivity index (χ2v) is 6.68. The van der Waals surface area contributed by atoms with Crippen LogP contribution >= 0.6 is 0 Å². The van der Waals surface area contributed by atoms with Crippen molar-refractivity contribution in [1.29, 1.82) is 0 Å². The molecular formula is C18H24N4O3. The number of nitrogens with zero attached hydrogens (tertiary/aromatic N) is 2. The third-order valence-corrected chi connectivity index (χ3v) is 5.00. The first-order valence-electron chi connectivity index (χ1n) is 8.92. The number of fused-ring (bicyclic) bond motifs is 1. The summed E-state index contributed by atoms with van der Waals surface area (Å²) in [6, 6.07) is 0.175. The number of H-pyrrole nitrogens is 1. The van der Waals surface area contributed by atoms with E-state index < -0.39 is 0 Å². The van der Waals surface area contributed by atoms with Crippen molar-refractivity contribution in [3.8, 4) is 0 Å².